The number of hydrogen-bond acceptors (Lipinski definition) is 2. The van der Waals surface area contributed by atoms with E-state index in [9.17, 15) is 22.8 Å². The van der Waals surface area contributed by atoms with Crippen LogP contribution in [0.15, 0.2) is 24.3 Å². The summed E-state index contributed by atoms with van der Waals surface area (Å²) in [5.74, 6) is -0.639. The molecule has 0 aromatic heterocycles. The zero-order valence-electron chi connectivity index (χ0n) is 15.0. The van der Waals surface area contributed by atoms with Gasteiger partial charge in [0.1, 0.15) is 0 Å². The minimum Gasteiger partial charge on any atom is -0.353 e. The molecule has 1 aliphatic rings. The molecule has 2 N–H and O–H groups in total. The number of amides is 2. The first-order valence-corrected chi connectivity index (χ1v) is 8.99. The Hall–Kier alpha value is -2.05. The predicted octanol–water partition coefficient (Wildman–Crippen LogP) is 4.37. The molecule has 7 heteroatoms. The third-order valence-electron chi connectivity index (χ3n) is 4.93. The second-order valence-corrected chi connectivity index (χ2v) is 6.93. The monoisotopic (exact) mass is 370 g/mol. The summed E-state index contributed by atoms with van der Waals surface area (Å²) in [6.45, 7) is 3.95. The Labute approximate surface area is 151 Å². The fraction of sp³-hybridized carbons (Fsp3) is 0.579. The molecule has 0 saturated heterocycles. The van der Waals surface area contributed by atoms with Crippen molar-refractivity contribution in [2.75, 3.05) is 5.32 Å². The first-order valence-electron chi connectivity index (χ1n) is 8.99. The lowest BCUT2D eigenvalue weighted by molar-refractivity contribution is -0.137. The number of carbonyl (C=O) groups excluding carboxylic acids is 2. The average molecular weight is 370 g/mol. The van der Waals surface area contributed by atoms with Crippen LogP contribution in [0.4, 0.5) is 18.9 Å². The summed E-state index contributed by atoms with van der Waals surface area (Å²) in [6, 6.07) is 4.75. The van der Waals surface area contributed by atoms with Crippen LogP contribution in [0.2, 0.25) is 0 Å². The molecule has 1 fully saturated rings. The van der Waals surface area contributed by atoms with Crippen molar-refractivity contribution in [3.63, 3.8) is 0 Å². The number of carbonyl (C=O) groups is 2. The van der Waals surface area contributed by atoms with E-state index in [1.807, 2.05) is 13.8 Å². The quantitative estimate of drug-likeness (QED) is 0.809. The van der Waals surface area contributed by atoms with Gasteiger partial charge in [-0.3, -0.25) is 9.59 Å². The van der Waals surface area contributed by atoms with Gasteiger partial charge in [-0.05, 0) is 57.2 Å². The molecule has 0 radical (unpaired) electrons. The molecule has 26 heavy (non-hydrogen) atoms. The van der Waals surface area contributed by atoms with Crippen LogP contribution in [-0.4, -0.2) is 17.9 Å². The van der Waals surface area contributed by atoms with E-state index >= 15 is 0 Å². The summed E-state index contributed by atoms with van der Waals surface area (Å²) in [7, 11) is 0. The second-order valence-electron chi connectivity index (χ2n) is 6.93. The Balaban J connectivity index is 1.88. The van der Waals surface area contributed by atoms with Gasteiger partial charge in [-0.25, -0.2) is 0 Å². The van der Waals surface area contributed by atoms with Crippen molar-refractivity contribution in [1.29, 1.82) is 0 Å². The van der Waals surface area contributed by atoms with Gasteiger partial charge in [0, 0.05) is 23.6 Å². The standard InChI is InChI=1S/C19H25F3N2O2/c1-3-12(2)23-17(25)13-7-9-14(10-8-13)18(26)24-16-6-4-5-15(11-16)19(20,21)22/h4-6,11-14H,3,7-10H2,1-2H3,(H,23,25)(H,24,26). The van der Waals surface area contributed by atoms with E-state index in [0.717, 1.165) is 18.6 Å². The highest BCUT2D eigenvalue weighted by molar-refractivity contribution is 5.92. The van der Waals surface area contributed by atoms with Gasteiger partial charge in [0.15, 0.2) is 0 Å². The van der Waals surface area contributed by atoms with Gasteiger partial charge in [0.05, 0.1) is 5.56 Å². The number of nitrogens with one attached hydrogen (secondary N) is 2. The molecule has 0 spiro atoms. The van der Waals surface area contributed by atoms with Crippen molar-refractivity contribution in [2.24, 2.45) is 11.8 Å². The van der Waals surface area contributed by atoms with Crippen molar-refractivity contribution >= 4 is 17.5 Å². The molecule has 144 valence electrons. The highest BCUT2D eigenvalue weighted by Gasteiger charge is 2.32. The van der Waals surface area contributed by atoms with Crippen molar-refractivity contribution in [3.05, 3.63) is 29.8 Å². The van der Waals surface area contributed by atoms with Gasteiger partial charge in [-0.2, -0.15) is 13.2 Å². The Morgan fingerprint density at radius 2 is 1.69 bits per heavy atom. The van der Waals surface area contributed by atoms with Gasteiger partial charge in [-0.1, -0.05) is 13.0 Å². The Kier molecular flexibility index (Phi) is 6.67. The van der Waals surface area contributed by atoms with Crippen LogP contribution in [0.25, 0.3) is 0 Å². The second kappa shape index (κ2) is 8.56. The first-order chi connectivity index (χ1) is 12.2. The van der Waals surface area contributed by atoms with E-state index in [-0.39, 0.29) is 35.4 Å². The van der Waals surface area contributed by atoms with Crippen LogP contribution in [0.5, 0.6) is 0 Å². The van der Waals surface area contributed by atoms with Gasteiger partial charge in [0.2, 0.25) is 11.8 Å². The van der Waals surface area contributed by atoms with E-state index in [0.29, 0.717) is 25.7 Å². The summed E-state index contributed by atoms with van der Waals surface area (Å²) in [5.41, 5.74) is -0.651. The van der Waals surface area contributed by atoms with Gasteiger partial charge in [0.25, 0.3) is 0 Å². The lowest BCUT2D eigenvalue weighted by Gasteiger charge is -2.28. The van der Waals surface area contributed by atoms with Crippen LogP contribution in [0.1, 0.15) is 51.5 Å². The number of benzene rings is 1. The van der Waals surface area contributed by atoms with Crippen molar-refractivity contribution in [1.82, 2.24) is 5.32 Å². The lowest BCUT2D eigenvalue weighted by atomic mass is 9.81. The maximum Gasteiger partial charge on any atom is 0.416 e. The zero-order valence-corrected chi connectivity index (χ0v) is 15.0. The van der Waals surface area contributed by atoms with Gasteiger partial charge in [-0.15, -0.1) is 0 Å². The predicted molar refractivity (Wildman–Crippen MR) is 93.4 cm³/mol. The van der Waals surface area contributed by atoms with E-state index in [1.54, 1.807) is 0 Å². The molecule has 1 aromatic carbocycles. The van der Waals surface area contributed by atoms with Crippen LogP contribution < -0.4 is 10.6 Å². The van der Waals surface area contributed by atoms with Crippen LogP contribution >= 0.6 is 0 Å². The number of alkyl halides is 3. The number of halogens is 3. The Morgan fingerprint density at radius 3 is 2.23 bits per heavy atom. The summed E-state index contributed by atoms with van der Waals surface area (Å²) < 4.78 is 38.2. The molecule has 1 saturated carbocycles. The molecular weight excluding hydrogens is 345 g/mol. The minimum absolute atomic E-state index is 0.0242. The topological polar surface area (TPSA) is 58.2 Å². The molecule has 0 bridgehead atoms. The molecule has 1 unspecified atom stereocenters. The SMILES string of the molecule is CCC(C)NC(=O)C1CCC(C(=O)Nc2cccc(C(F)(F)F)c2)CC1. The van der Waals surface area contributed by atoms with E-state index in [4.69, 9.17) is 0 Å². The molecule has 1 aliphatic carbocycles. The molecular formula is C19H25F3N2O2. The highest BCUT2D eigenvalue weighted by atomic mass is 19.4. The highest BCUT2D eigenvalue weighted by Crippen LogP contribution is 2.32. The summed E-state index contributed by atoms with van der Waals surface area (Å²) in [6.07, 6.45) is -1.24. The largest absolute Gasteiger partial charge is 0.416 e. The van der Waals surface area contributed by atoms with Gasteiger partial charge < -0.3 is 10.6 Å². The molecule has 0 heterocycles. The van der Waals surface area contributed by atoms with Crippen molar-refractivity contribution < 1.29 is 22.8 Å². The summed E-state index contributed by atoms with van der Waals surface area (Å²) in [4.78, 5) is 24.5. The fourth-order valence-electron chi connectivity index (χ4n) is 3.10. The summed E-state index contributed by atoms with van der Waals surface area (Å²) >= 11 is 0. The van der Waals surface area contributed by atoms with E-state index in [2.05, 4.69) is 10.6 Å². The van der Waals surface area contributed by atoms with Crippen LogP contribution in [0, 0.1) is 11.8 Å². The van der Waals surface area contributed by atoms with E-state index in [1.165, 1.54) is 12.1 Å². The number of anilines is 1. The molecule has 2 amide bonds. The minimum atomic E-state index is -4.44. The molecule has 1 atom stereocenters. The van der Waals surface area contributed by atoms with Gasteiger partial charge >= 0.3 is 6.18 Å². The van der Waals surface area contributed by atoms with Crippen LogP contribution in [0.3, 0.4) is 0 Å². The normalized spacial score (nSPS) is 21.7. The average Bonchev–Trinajstić information content (AvgIpc) is 2.61. The third-order valence-corrected chi connectivity index (χ3v) is 4.93. The smallest absolute Gasteiger partial charge is 0.353 e. The fourth-order valence-corrected chi connectivity index (χ4v) is 3.10. The summed E-state index contributed by atoms with van der Waals surface area (Å²) in [5, 5.41) is 5.53. The number of hydrogen-bond donors (Lipinski definition) is 2. The number of rotatable bonds is 5. The van der Waals surface area contributed by atoms with Crippen molar-refractivity contribution in [2.45, 2.75) is 58.2 Å². The maximum atomic E-state index is 12.7. The molecule has 1 aromatic rings. The van der Waals surface area contributed by atoms with Crippen LogP contribution in [-0.2, 0) is 15.8 Å². The third kappa shape index (κ3) is 5.47. The van der Waals surface area contributed by atoms with E-state index < -0.39 is 11.7 Å². The Morgan fingerprint density at radius 1 is 1.12 bits per heavy atom. The Bertz CT molecular complexity index is 638. The zero-order chi connectivity index (χ0) is 19.3. The first kappa shape index (κ1) is 20.3. The molecule has 0 aliphatic heterocycles. The molecule has 4 nitrogen and oxygen atoms in total. The molecule has 2 rings (SSSR count). The van der Waals surface area contributed by atoms with Crippen molar-refractivity contribution in [3.8, 4) is 0 Å². The lowest BCUT2D eigenvalue weighted by Crippen LogP contribution is -2.39. The maximum absolute atomic E-state index is 12.7.